The fourth-order valence-corrected chi connectivity index (χ4v) is 4.78. The molecular weight excluding hydrogens is 570 g/mol. The van der Waals surface area contributed by atoms with E-state index >= 15 is 0 Å². The van der Waals surface area contributed by atoms with Crippen LogP contribution >= 0.6 is 0 Å². The molecule has 226 valence electrons. The molecule has 1 atom stereocenters. The number of aromatic nitrogens is 4. The van der Waals surface area contributed by atoms with Gasteiger partial charge in [-0.25, -0.2) is 19.7 Å². The zero-order chi connectivity index (χ0) is 31.2. The molecule has 0 spiro atoms. The van der Waals surface area contributed by atoms with Crippen molar-refractivity contribution < 1.29 is 29.0 Å². The highest BCUT2D eigenvalue weighted by molar-refractivity contribution is 6.21. The first-order chi connectivity index (χ1) is 21.3. The molecule has 3 heterocycles. The summed E-state index contributed by atoms with van der Waals surface area (Å²) < 4.78 is 0. The van der Waals surface area contributed by atoms with Gasteiger partial charge in [0.05, 0.1) is 42.7 Å². The minimum Gasteiger partial charge on any atom is -0.382 e. The molecule has 5 rings (SSSR count). The highest BCUT2D eigenvalue weighted by Crippen LogP contribution is 2.23. The number of nitrogens with zero attached hydrogens (tertiary/aromatic N) is 6. The van der Waals surface area contributed by atoms with Gasteiger partial charge < -0.3 is 21.7 Å². The predicted octanol–water partition coefficient (Wildman–Crippen LogP) is 1.50. The highest BCUT2D eigenvalue weighted by Gasteiger charge is 2.34. The molecule has 4 amide bonds. The number of fused-ring (bicyclic) bond motifs is 2. The molecule has 1 aliphatic rings. The van der Waals surface area contributed by atoms with Crippen molar-refractivity contribution in [2.75, 3.05) is 36.6 Å². The number of carbonyl (C=O) groups is 4. The van der Waals surface area contributed by atoms with E-state index in [1.807, 2.05) is 0 Å². The molecular formula is C29H29N9O6. The SMILES string of the molecule is COOCC(CCCN1C(=O)c2ccccc2C1=O)NC(=O)c1ccc(N(C=O)Cc2cnc3nc(N)nc(N)c3n2)cc1. The number of hydrogen-bond donors (Lipinski definition) is 3. The minimum absolute atomic E-state index is 0.0189. The summed E-state index contributed by atoms with van der Waals surface area (Å²) in [6.07, 6.45) is 2.94. The van der Waals surface area contributed by atoms with Crippen molar-refractivity contribution in [3.63, 3.8) is 0 Å². The Morgan fingerprint density at radius 1 is 1.05 bits per heavy atom. The van der Waals surface area contributed by atoms with Crippen LogP contribution in [0.2, 0.25) is 0 Å². The lowest BCUT2D eigenvalue weighted by atomic mass is 10.1. The van der Waals surface area contributed by atoms with Crippen LogP contribution in [0.4, 0.5) is 17.5 Å². The molecule has 4 aromatic rings. The third-order valence-electron chi connectivity index (χ3n) is 6.96. The van der Waals surface area contributed by atoms with Crippen molar-refractivity contribution in [3.8, 4) is 0 Å². The number of nitrogens with two attached hydrogens (primary N) is 2. The van der Waals surface area contributed by atoms with E-state index in [1.54, 1.807) is 48.5 Å². The van der Waals surface area contributed by atoms with Crippen molar-refractivity contribution in [1.29, 1.82) is 0 Å². The number of hydrogen-bond acceptors (Lipinski definition) is 12. The second-order valence-electron chi connectivity index (χ2n) is 9.85. The van der Waals surface area contributed by atoms with Crippen LogP contribution in [0.1, 0.15) is 49.6 Å². The van der Waals surface area contributed by atoms with Gasteiger partial charge in [0.2, 0.25) is 12.4 Å². The molecule has 44 heavy (non-hydrogen) atoms. The first-order valence-corrected chi connectivity index (χ1v) is 13.6. The molecule has 0 radical (unpaired) electrons. The second-order valence-corrected chi connectivity index (χ2v) is 9.85. The Labute approximate surface area is 251 Å². The summed E-state index contributed by atoms with van der Waals surface area (Å²) >= 11 is 0. The van der Waals surface area contributed by atoms with Crippen molar-refractivity contribution >= 4 is 52.7 Å². The van der Waals surface area contributed by atoms with E-state index in [1.165, 1.54) is 23.1 Å². The first-order valence-electron chi connectivity index (χ1n) is 13.6. The maximum atomic E-state index is 13.1. The number of imide groups is 1. The van der Waals surface area contributed by atoms with Crippen LogP contribution in [0.3, 0.4) is 0 Å². The van der Waals surface area contributed by atoms with Crippen molar-refractivity contribution in [3.05, 3.63) is 77.1 Å². The molecule has 0 fully saturated rings. The van der Waals surface area contributed by atoms with Gasteiger partial charge >= 0.3 is 0 Å². The summed E-state index contributed by atoms with van der Waals surface area (Å²) in [6.45, 7) is 0.318. The molecule has 1 aliphatic heterocycles. The summed E-state index contributed by atoms with van der Waals surface area (Å²) in [7, 11) is 1.36. The second kappa shape index (κ2) is 13.2. The maximum absolute atomic E-state index is 13.1. The Morgan fingerprint density at radius 3 is 2.41 bits per heavy atom. The van der Waals surface area contributed by atoms with Crippen LogP contribution in [0.25, 0.3) is 11.2 Å². The maximum Gasteiger partial charge on any atom is 0.261 e. The van der Waals surface area contributed by atoms with Crippen LogP contribution in [0.15, 0.2) is 54.7 Å². The third-order valence-corrected chi connectivity index (χ3v) is 6.96. The smallest absolute Gasteiger partial charge is 0.261 e. The molecule has 5 N–H and O–H groups in total. The van der Waals surface area contributed by atoms with Gasteiger partial charge in [0.15, 0.2) is 17.0 Å². The summed E-state index contributed by atoms with van der Waals surface area (Å²) in [5.41, 5.74) is 14.1. The van der Waals surface area contributed by atoms with Gasteiger partial charge in [0, 0.05) is 17.8 Å². The van der Waals surface area contributed by atoms with Gasteiger partial charge in [-0.15, -0.1) is 0 Å². The average Bonchev–Trinajstić information content (AvgIpc) is 3.27. The number of benzene rings is 2. The summed E-state index contributed by atoms with van der Waals surface area (Å²) in [5, 5.41) is 2.90. The topological polar surface area (TPSA) is 209 Å². The fourth-order valence-electron chi connectivity index (χ4n) is 4.78. The van der Waals surface area contributed by atoms with Crippen LogP contribution in [0.5, 0.6) is 0 Å². The first kappa shape index (κ1) is 29.9. The molecule has 0 bridgehead atoms. The van der Waals surface area contributed by atoms with E-state index in [0.29, 0.717) is 47.3 Å². The van der Waals surface area contributed by atoms with E-state index in [-0.39, 0.29) is 60.3 Å². The van der Waals surface area contributed by atoms with E-state index in [2.05, 4.69) is 25.3 Å². The Hall–Kier alpha value is -5.54. The zero-order valence-electron chi connectivity index (χ0n) is 23.7. The molecule has 2 aromatic heterocycles. The van der Waals surface area contributed by atoms with Crippen LogP contribution < -0.4 is 21.7 Å². The Bertz CT molecular complexity index is 1680. The van der Waals surface area contributed by atoms with Gasteiger partial charge in [0.1, 0.15) is 6.61 Å². The van der Waals surface area contributed by atoms with Crippen molar-refractivity contribution in [2.24, 2.45) is 0 Å². The lowest BCUT2D eigenvalue weighted by molar-refractivity contribution is -0.275. The number of anilines is 3. The van der Waals surface area contributed by atoms with Gasteiger partial charge in [-0.2, -0.15) is 9.97 Å². The number of nitrogens with one attached hydrogen (secondary N) is 1. The van der Waals surface area contributed by atoms with Crippen LogP contribution in [-0.4, -0.2) is 75.3 Å². The molecule has 0 aliphatic carbocycles. The Balaban J connectivity index is 1.19. The van der Waals surface area contributed by atoms with E-state index in [4.69, 9.17) is 21.2 Å². The molecule has 15 heteroatoms. The molecule has 0 saturated carbocycles. The number of carbonyl (C=O) groups excluding carboxylic acids is 4. The number of nitrogen functional groups attached to an aromatic ring is 2. The average molecular weight is 600 g/mol. The molecule has 0 saturated heterocycles. The van der Waals surface area contributed by atoms with Gasteiger partial charge in [-0.05, 0) is 49.2 Å². The highest BCUT2D eigenvalue weighted by atomic mass is 17.2. The monoisotopic (exact) mass is 599 g/mol. The van der Waals surface area contributed by atoms with E-state index in [9.17, 15) is 19.2 Å². The number of amides is 4. The predicted molar refractivity (Wildman–Crippen MR) is 158 cm³/mol. The largest absolute Gasteiger partial charge is 0.382 e. The molecule has 2 aromatic carbocycles. The van der Waals surface area contributed by atoms with E-state index in [0.717, 1.165) is 0 Å². The lowest BCUT2D eigenvalue weighted by Gasteiger charge is -2.20. The van der Waals surface area contributed by atoms with Gasteiger partial charge in [0.25, 0.3) is 17.7 Å². The summed E-state index contributed by atoms with van der Waals surface area (Å²) in [6, 6.07) is 12.6. The van der Waals surface area contributed by atoms with Crippen molar-refractivity contribution in [2.45, 2.75) is 25.4 Å². The zero-order valence-corrected chi connectivity index (χ0v) is 23.7. The van der Waals surface area contributed by atoms with Gasteiger partial charge in [-0.1, -0.05) is 12.1 Å². The molecule has 15 nitrogen and oxygen atoms in total. The van der Waals surface area contributed by atoms with Crippen molar-refractivity contribution in [1.82, 2.24) is 30.2 Å². The minimum atomic E-state index is -0.470. The summed E-state index contributed by atoms with van der Waals surface area (Å²) in [4.78, 5) is 79.1. The standard InChI is InChI=1S/C29H29N9O6/c1-43-44-15-18(5-4-12-38-27(41)21-6-2-3-7-22(21)28(38)42)34-26(40)17-8-10-20(11-9-17)37(16-39)14-19-13-32-25-23(33-19)24(30)35-29(31)36-25/h2-3,6-11,13,16,18H,4-5,12,14-15H2,1H3,(H,34,40)(H4,30,31,32,35,36). The summed E-state index contributed by atoms with van der Waals surface area (Å²) in [5.74, 6) is -0.989. The van der Waals surface area contributed by atoms with Crippen LogP contribution in [-0.2, 0) is 21.1 Å². The Kier molecular flexibility index (Phi) is 8.97. The quantitative estimate of drug-likeness (QED) is 0.0864. The normalized spacial score (nSPS) is 13.2. The molecule has 1 unspecified atom stereocenters. The van der Waals surface area contributed by atoms with Gasteiger partial charge in [-0.3, -0.25) is 24.1 Å². The third kappa shape index (κ3) is 6.43. The lowest BCUT2D eigenvalue weighted by Crippen LogP contribution is -2.39. The Morgan fingerprint density at radius 2 is 1.75 bits per heavy atom. The van der Waals surface area contributed by atoms with Crippen LogP contribution in [0, 0.1) is 0 Å². The number of rotatable bonds is 13. The van der Waals surface area contributed by atoms with E-state index < -0.39 is 6.04 Å². The fraction of sp³-hybridized carbons (Fsp3) is 0.241.